The quantitative estimate of drug-likeness (QED) is 0.350. The summed E-state index contributed by atoms with van der Waals surface area (Å²) >= 11 is 0. The van der Waals surface area contributed by atoms with Crippen LogP contribution >= 0.6 is 0 Å². The van der Waals surface area contributed by atoms with Crippen molar-refractivity contribution in [2.45, 2.75) is 44.5 Å². The van der Waals surface area contributed by atoms with Crippen LogP contribution in [0.25, 0.3) is 0 Å². The molecule has 34 heavy (non-hydrogen) atoms. The van der Waals surface area contributed by atoms with Gasteiger partial charge in [-0.2, -0.15) is 0 Å². The molecule has 0 aromatic heterocycles. The molecule has 2 fully saturated rings. The van der Waals surface area contributed by atoms with Crippen LogP contribution in [0.4, 0.5) is 4.79 Å². The molecule has 2 aliphatic rings. The van der Waals surface area contributed by atoms with Crippen molar-refractivity contribution in [1.29, 1.82) is 5.41 Å². The third-order valence-electron chi connectivity index (χ3n) is 6.17. The van der Waals surface area contributed by atoms with Gasteiger partial charge in [-0.15, -0.1) is 0 Å². The topological polar surface area (TPSA) is 138 Å². The van der Waals surface area contributed by atoms with E-state index >= 15 is 0 Å². The zero-order valence-electron chi connectivity index (χ0n) is 18.8. The van der Waals surface area contributed by atoms with E-state index in [1.807, 2.05) is 30.3 Å². The number of hydrogen-bond donors (Lipinski definition) is 4. The van der Waals surface area contributed by atoms with Gasteiger partial charge in [0.15, 0.2) is 0 Å². The Morgan fingerprint density at radius 3 is 2.35 bits per heavy atom. The van der Waals surface area contributed by atoms with E-state index in [0.717, 1.165) is 24.0 Å². The van der Waals surface area contributed by atoms with Crippen LogP contribution in [0, 0.1) is 11.3 Å². The molecule has 9 heteroatoms. The van der Waals surface area contributed by atoms with Gasteiger partial charge in [-0.1, -0.05) is 54.6 Å². The Bertz CT molecular complexity index is 1050. The monoisotopic (exact) mass is 463 g/mol. The van der Waals surface area contributed by atoms with E-state index in [4.69, 9.17) is 15.9 Å². The van der Waals surface area contributed by atoms with Crippen LogP contribution in [0.1, 0.15) is 36.0 Å². The van der Waals surface area contributed by atoms with Gasteiger partial charge in [-0.05, 0) is 36.3 Å². The molecule has 1 aliphatic heterocycles. The number of ether oxygens (including phenoxy) is 1. The van der Waals surface area contributed by atoms with Crippen molar-refractivity contribution in [3.05, 3.63) is 71.3 Å². The van der Waals surface area contributed by atoms with Gasteiger partial charge < -0.3 is 20.7 Å². The van der Waals surface area contributed by atoms with Crippen LogP contribution in [0.2, 0.25) is 0 Å². The summed E-state index contributed by atoms with van der Waals surface area (Å²) in [4.78, 5) is 38.5. The first-order chi connectivity index (χ1) is 16.4. The number of benzene rings is 2. The van der Waals surface area contributed by atoms with Crippen molar-refractivity contribution in [2.24, 2.45) is 11.7 Å². The molecule has 178 valence electrons. The summed E-state index contributed by atoms with van der Waals surface area (Å²) in [7, 11) is 0. The number of rotatable bonds is 8. The minimum Gasteiger partial charge on any atom is -0.444 e. The number of carbonyl (C=O) groups excluding carboxylic acids is 3. The second kappa shape index (κ2) is 10.5. The average Bonchev–Trinajstić information content (AvgIpc) is 3.67. The van der Waals surface area contributed by atoms with Crippen molar-refractivity contribution in [3.8, 4) is 0 Å². The van der Waals surface area contributed by atoms with Gasteiger partial charge in [0.25, 0.3) is 0 Å². The fraction of sp³-hybridized carbons (Fsp3) is 0.360. The first-order valence-corrected chi connectivity index (χ1v) is 11.4. The number of nitrogens with two attached hydrogens (primary N) is 1. The highest BCUT2D eigenvalue weighted by Gasteiger charge is 2.43. The Balaban J connectivity index is 1.21. The van der Waals surface area contributed by atoms with Gasteiger partial charge in [-0.25, -0.2) is 4.79 Å². The van der Waals surface area contributed by atoms with Gasteiger partial charge >= 0.3 is 6.09 Å². The lowest BCUT2D eigenvalue weighted by molar-refractivity contribution is -0.148. The Hall–Kier alpha value is -3.72. The van der Waals surface area contributed by atoms with E-state index < -0.39 is 18.2 Å². The summed E-state index contributed by atoms with van der Waals surface area (Å²) < 4.78 is 5.13. The molecular weight excluding hydrogens is 434 g/mol. The highest BCUT2D eigenvalue weighted by molar-refractivity contribution is 6.04. The number of carbonyl (C=O) groups is 3. The largest absolute Gasteiger partial charge is 0.444 e. The van der Waals surface area contributed by atoms with Crippen LogP contribution in [-0.2, 0) is 27.5 Å². The lowest BCUT2D eigenvalue weighted by Crippen LogP contribution is -2.61. The summed E-state index contributed by atoms with van der Waals surface area (Å²) in [5.41, 5.74) is 8.20. The van der Waals surface area contributed by atoms with E-state index in [1.54, 1.807) is 29.2 Å². The SMILES string of the molecule is N=C(NC(=O)OCc1ccccc1)c1ccc(CNC(=O)[C@@H]2CCN2C(=O)[C@H](N)C2CC2)cc1. The van der Waals surface area contributed by atoms with E-state index in [2.05, 4.69) is 10.6 Å². The van der Waals surface area contributed by atoms with Crippen molar-refractivity contribution in [3.63, 3.8) is 0 Å². The molecule has 1 heterocycles. The first-order valence-electron chi connectivity index (χ1n) is 11.4. The molecule has 4 rings (SSSR count). The van der Waals surface area contributed by atoms with E-state index in [-0.39, 0.29) is 30.2 Å². The molecule has 1 saturated carbocycles. The summed E-state index contributed by atoms with van der Waals surface area (Å²) in [5, 5.41) is 13.3. The Morgan fingerprint density at radius 1 is 1.03 bits per heavy atom. The predicted molar refractivity (Wildman–Crippen MR) is 126 cm³/mol. The van der Waals surface area contributed by atoms with Crippen molar-refractivity contribution < 1.29 is 19.1 Å². The highest BCUT2D eigenvalue weighted by atomic mass is 16.5. The molecular formula is C25H29N5O4. The molecule has 1 saturated heterocycles. The minimum absolute atomic E-state index is 0.0794. The van der Waals surface area contributed by atoms with Gasteiger partial charge in [0.05, 0.1) is 6.04 Å². The van der Waals surface area contributed by atoms with E-state index in [0.29, 0.717) is 25.1 Å². The summed E-state index contributed by atoms with van der Waals surface area (Å²) in [6.07, 6.45) is 1.90. The molecule has 0 bridgehead atoms. The Labute approximate surface area is 198 Å². The van der Waals surface area contributed by atoms with Crippen LogP contribution in [0.15, 0.2) is 54.6 Å². The zero-order valence-corrected chi connectivity index (χ0v) is 18.8. The summed E-state index contributed by atoms with van der Waals surface area (Å²) in [5.74, 6) is -0.146. The number of nitrogens with zero attached hydrogens (tertiary/aromatic N) is 1. The number of amidine groups is 1. The van der Waals surface area contributed by atoms with Gasteiger partial charge in [0.1, 0.15) is 18.5 Å². The number of likely N-dealkylation sites (tertiary alicyclic amines) is 1. The minimum atomic E-state index is -0.703. The van der Waals surface area contributed by atoms with Crippen molar-refractivity contribution >= 4 is 23.7 Å². The smallest absolute Gasteiger partial charge is 0.413 e. The first kappa shape index (κ1) is 23.4. The molecule has 2 aromatic rings. The molecule has 0 unspecified atom stereocenters. The molecule has 9 nitrogen and oxygen atoms in total. The molecule has 2 aromatic carbocycles. The molecule has 3 amide bonds. The predicted octanol–water partition coefficient (Wildman–Crippen LogP) is 1.89. The fourth-order valence-corrected chi connectivity index (χ4v) is 3.80. The normalized spacial score (nSPS) is 17.8. The Morgan fingerprint density at radius 2 is 1.74 bits per heavy atom. The van der Waals surface area contributed by atoms with Crippen LogP contribution in [0.3, 0.4) is 0 Å². The fourth-order valence-electron chi connectivity index (χ4n) is 3.80. The van der Waals surface area contributed by atoms with E-state index in [9.17, 15) is 14.4 Å². The average molecular weight is 464 g/mol. The van der Waals surface area contributed by atoms with Crippen molar-refractivity contribution in [1.82, 2.24) is 15.5 Å². The maximum absolute atomic E-state index is 12.5. The third-order valence-corrected chi connectivity index (χ3v) is 6.17. The lowest BCUT2D eigenvalue weighted by atomic mass is 9.99. The van der Waals surface area contributed by atoms with Crippen LogP contribution < -0.4 is 16.4 Å². The molecule has 0 radical (unpaired) electrons. The number of hydrogen-bond acceptors (Lipinski definition) is 6. The Kier molecular flexibility index (Phi) is 7.22. The number of alkyl carbamates (subject to hydrolysis) is 1. The standard InChI is InChI=1S/C25H29N5O4/c26-21(18-10-11-18)24(32)30-13-12-20(30)23(31)28-14-16-6-8-19(9-7-16)22(27)29-25(33)34-15-17-4-2-1-3-5-17/h1-9,18,20-21H,10-15,26H2,(H,28,31)(H2,27,29,33)/t20-,21+/m0/s1. The third kappa shape index (κ3) is 5.79. The number of amides is 3. The second-order valence-corrected chi connectivity index (χ2v) is 8.68. The van der Waals surface area contributed by atoms with E-state index in [1.165, 1.54) is 0 Å². The molecule has 1 aliphatic carbocycles. The lowest BCUT2D eigenvalue weighted by Gasteiger charge is -2.41. The maximum atomic E-state index is 12.5. The number of nitrogens with one attached hydrogen (secondary N) is 3. The summed E-state index contributed by atoms with van der Waals surface area (Å²) in [6.45, 7) is 0.982. The van der Waals surface area contributed by atoms with Crippen LogP contribution in [0.5, 0.6) is 0 Å². The second-order valence-electron chi connectivity index (χ2n) is 8.68. The highest BCUT2D eigenvalue weighted by Crippen LogP contribution is 2.33. The van der Waals surface area contributed by atoms with Gasteiger partial charge in [0.2, 0.25) is 11.8 Å². The molecule has 0 spiro atoms. The maximum Gasteiger partial charge on any atom is 0.413 e. The molecule has 2 atom stereocenters. The van der Waals surface area contributed by atoms with Crippen LogP contribution in [-0.4, -0.2) is 47.3 Å². The van der Waals surface area contributed by atoms with Gasteiger partial charge in [0, 0.05) is 18.7 Å². The van der Waals surface area contributed by atoms with Crippen molar-refractivity contribution in [2.75, 3.05) is 6.54 Å². The zero-order chi connectivity index (χ0) is 24.1. The van der Waals surface area contributed by atoms with Gasteiger partial charge in [-0.3, -0.25) is 20.3 Å². The molecule has 5 N–H and O–H groups in total. The summed E-state index contributed by atoms with van der Waals surface area (Å²) in [6, 6.07) is 15.2.